The van der Waals surface area contributed by atoms with E-state index < -0.39 is 12.1 Å². The first-order valence-corrected chi connectivity index (χ1v) is 11.0. The fourth-order valence-corrected chi connectivity index (χ4v) is 4.44. The molecule has 2 aliphatic rings. The molecule has 170 valence electrons. The van der Waals surface area contributed by atoms with Crippen molar-refractivity contribution < 1.29 is 14.4 Å². The summed E-state index contributed by atoms with van der Waals surface area (Å²) in [6.45, 7) is 6.20. The molecule has 0 bridgehead atoms. The van der Waals surface area contributed by atoms with Crippen LogP contribution in [0, 0.1) is 6.92 Å². The summed E-state index contributed by atoms with van der Waals surface area (Å²) in [7, 11) is 1.57. The van der Waals surface area contributed by atoms with Crippen molar-refractivity contribution in [2.45, 2.75) is 25.4 Å². The minimum atomic E-state index is -0.699. The molecule has 4 rings (SSSR count). The monoisotopic (exact) mass is 444 g/mol. The molecule has 0 aromatic heterocycles. The van der Waals surface area contributed by atoms with Crippen molar-refractivity contribution in [2.75, 3.05) is 20.1 Å². The number of hydrogen-bond acceptors (Lipinski definition) is 3. The number of likely N-dealkylation sites (N-methyl/N-ethyl adjacent to an activating group) is 1. The molecule has 2 heterocycles. The van der Waals surface area contributed by atoms with Crippen molar-refractivity contribution >= 4 is 17.8 Å². The first-order chi connectivity index (χ1) is 15.9. The lowest BCUT2D eigenvalue weighted by atomic mass is 9.95. The normalized spacial score (nSPS) is 18.7. The third-order valence-electron chi connectivity index (χ3n) is 6.17. The number of carbonyl (C=O) groups excluding carboxylic acids is 3. The van der Waals surface area contributed by atoms with Crippen molar-refractivity contribution in [3.63, 3.8) is 0 Å². The van der Waals surface area contributed by atoms with Gasteiger partial charge in [-0.2, -0.15) is 0 Å². The van der Waals surface area contributed by atoms with Crippen molar-refractivity contribution in [3.05, 3.63) is 95.2 Å². The maximum absolute atomic E-state index is 13.8. The second-order valence-electron chi connectivity index (χ2n) is 8.31. The molecular formula is C26H28N4O3. The summed E-state index contributed by atoms with van der Waals surface area (Å²) in [5.74, 6) is -0.484. The number of amides is 4. The van der Waals surface area contributed by atoms with Gasteiger partial charge in [0.1, 0.15) is 6.04 Å². The van der Waals surface area contributed by atoms with E-state index in [1.165, 1.54) is 4.90 Å². The first-order valence-electron chi connectivity index (χ1n) is 11.0. The largest absolute Gasteiger partial charge is 0.357 e. The van der Waals surface area contributed by atoms with Crippen LogP contribution in [0.5, 0.6) is 0 Å². The number of hydrogen-bond donors (Lipinski definition) is 2. The van der Waals surface area contributed by atoms with Crippen LogP contribution in [0.25, 0.3) is 0 Å². The van der Waals surface area contributed by atoms with Crippen LogP contribution in [0.15, 0.2) is 78.5 Å². The lowest BCUT2D eigenvalue weighted by molar-refractivity contribution is -0.136. The Hall–Kier alpha value is -3.87. The fraction of sp³-hybridized carbons (Fsp3) is 0.269. The second-order valence-corrected chi connectivity index (χ2v) is 8.31. The Labute approximate surface area is 193 Å². The first kappa shape index (κ1) is 22.3. The minimum absolute atomic E-state index is 0.183. The zero-order valence-corrected chi connectivity index (χ0v) is 18.9. The average Bonchev–Trinajstić information content (AvgIpc) is 3.16. The van der Waals surface area contributed by atoms with E-state index >= 15 is 0 Å². The number of nitrogens with one attached hydrogen (secondary N) is 2. The van der Waals surface area contributed by atoms with Gasteiger partial charge in [0.15, 0.2) is 0 Å². The Bertz CT molecular complexity index is 1110. The molecule has 0 radical (unpaired) electrons. The molecule has 0 unspecified atom stereocenters. The Morgan fingerprint density at radius 1 is 1.18 bits per heavy atom. The van der Waals surface area contributed by atoms with E-state index in [-0.39, 0.29) is 30.9 Å². The lowest BCUT2D eigenvalue weighted by Crippen LogP contribution is -2.49. The van der Waals surface area contributed by atoms with E-state index in [0.717, 1.165) is 16.7 Å². The summed E-state index contributed by atoms with van der Waals surface area (Å²) in [5, 5.41) is 5.67. The van der Waals surface area contributed by atoms with Gasteiger partial charge >= 0.3 is 6.03 Å². The standard InChI is InChI=1S/C26H28N4O3/c1-4-14-29-21-16-30(20(24(31)27-3)15-18-8-6-5-7-9-18)25(32)22(21)23(28-26(29)33)19-12-10-17(2)11-13-19/h4-13,20,23H,1,14-16H2,2-3H3,(H,27,31)(H,28,33)/t20-,23+/m1/s1. The highest BCUT2D eigenvalue weighted by Crippen LogP contribution is 2.37. The summed E-state index contributed by atoms with van der Waals surface area (Å²) in [5.41, 5.74) is 3.99. The number of carbonyl (C=O) groups is 3. The third-order valence-corrected chi connectivity index (χ3v) is 6.17. The average molecular weight is 445 g/mol. The van der Waals surface area contributed by atoms with E-state index in [1.807, 2.05) is 61.5 Å². The van der Waals surface area contributed by atoms with Crippen LogP contribution in [0.4, 0.5) is 4.79 Å². The predicted octanol–water partition coefficient (Wildman–Crippen LogP) is 2.70. The van der Waals surface area contributed by atoms with Gasteiger partial charge < -0.3 is 15.5 Å². The molecule has 2 aromatic carbocycles. The lowest BCUT2D eigenvalue weighted by Gasteiger charge is -2.33. The molecule has 0 saturated heterocycles. The third kappa shape index (κ3) is 4.26. The van der Waals surface area contributed by atoms with Crippen molar-refractivity contribution in [1.82, 2.24) is 20.4 Å². The highest BCUT2D eigenvalue weighted by molar-refractivity contribution is 6.03. The maximum Gasteiger partial charge on any atom is 0.322 e. The van der Waals surface area contributed by atoms with E-state index in [9.17, 15) is 14.4 Å². The number of aryl methyl sites for hydroxylation is 1. The molecule has 4 amide bonds. The molecule has 33 heavy (non-hydrogen) atoms. The van der Waals surface area contributed by atoms with Gasteiger partial charge in [0.2, 0.25) is 5.91 Å². The number of benzene rings is 2. The van der Waals surface area contributed by atoms with Crippen LogP contribution in [-0.2, 0) is 16.0 Å². The van der Waals surface area contributed by atoms with E-state index in [0.29, 0.717) is 17.7 Å². The van der Waals surface area contributed by atoms with Gasteiger partial charge in [-0.3, -0.25) is 14.5 Å². The molecule has 0 aliphatic carbocycles. The molecule has 2 N–H and O–H groups in total. The molecule has 0 fully saturated rings. The van der Waals surface area contributed by atoms with Crippen LogP contribution < -0.4 is 10.6 Å². The quantitative estimate of drug-likeness (QED) is 0.645. The molecule has 2 aliphatic heterocycles. The van der Waals surface area contributed by atoms with Crippen LogP contribution in [-0.4, -0.2) is 53.8 Å². The zero-order chi connectivity index (χ0) is 23.5. The predicted molar refractivity (Wildman–Crippen MR) is 126 cm³/mol. The summed E-state index contributed by atoms with van der Waals surface area (Å²) in [6, 6.07) is 15.8. The molecule has 7 nitrogen and oxygen atoms in total. The summed E-state index contributed by atoms with van der Waals surface area (Å²) >= 11 is 0. The number of urea groups is 1. The molecule has 0 spiro atoms. The van der Waals surface area contributed by atoms with Gasteiger partial charge in [-0.15, -0.1) is 6.58 Å². The summed E-state index contributed by atoms with van der Waals surface area (Å²) in [6.07, 6.45) is 2.01. The van der Waals surface area contributed by atoms with Gasteiger partial charge in [-0.05, 0) is 18.1 Å². The van der Waals surface area contributed by atoms with Crippen LogP contribution in [0.3, 0.4) is 0 Å². The Morgan fingerprint density at radius 2 is 1.88 bits per heavy atom. The van der Waals surface area contributed by atoms with Crippen LogP contribution >= 0.6 is 0 Å². The van der Waals surface area contributed by atoms with Crippen molar-refractivity contribution in [2.24, 2.45) is 0 Å². The zero-order valence-electron chi connectivity index (χ0n) is 18.9. The molecular weight excluding hydrogens is 416 g/mol. The maximum atomic E-state index is 13.8. The van der Waals surface area contributed by atoms with Crippen LogP contribution in [0.2, 0.25) is 0 Å². The molecule has 2 aromatic rings. The van der Waals surface area contributed by atoms with Crippen molar-refractivity contribution in [3.8, 4) is 0 Å². The van der Waals surface area contributed by atoms with E-state index in [1.54, 1.807) is 18.0 Å². The Morgan fingerprint density at radius 3 is 2.52 bits per heavy atom. The van der Waals surface area contributed by atoms with Crippen molar-refractivity contribution in [1.29, 1.82) is 0 Å². The summed E-state index contributed by atoms with van der Waals surface area (Å²) in [4.78, 5) is 42.7. The van der Waals surface area contributed by atoms with Gasteiger partial charge in [0, 0.05) is 20.0 Å². The Kier molecular flexibility index (Phi) is 6.31. The minimum Gasteiger partial charge on any atom is -0.357 e. The fourth-order valence-electron chi connectivity index (χ4n) is 4.44. The summed E-state index contributed by atoms with van der Waals surface area (Å²) < 4.78 is 0. The number of rotatable bonds is 7. The van der Waals surface area contributed by atoms with Gasteiger partial charge in [0.25, 0.3) is 5.91 Å². The molecule has 0 saturated carbocycles. The Balaban J connectivity index is 1.73. The number of nitrogens with zero attached hydrogens (tertiary/aromatic N) is 2. The second kappa shape index (κ2) is 9.32. The SMILES string of the molecule is C=CCN1C(=O)N[C@@H](c2ccc(C)cc2)C2=C1CN([C@H](Cc1ccccc1)C(=O)NC)C2=O. The van der Waals surface area contributed by atoms with E-state index in [4.69, 9.17) is 0 Å². The van der Waals surface area contributed by atoms with Gasteiger partial charge in [-0.25, -0.2) is 4.79 Å². The van der Waals surface area contributed by atoms with Crippen LogP contribution in [0.1, 0.15) is 22.7 Å². The van der Waals surface area contributed by atoms with E-state index in [2.05, 4.69) is 17.2 Å². The molecule has 2 atom stereocenters. The molecule has 7 heteroatoms. The van der Waals surface area contributed by atoms with Gasteiger partial charge in [-0.1, -0.05) is 66.2 Å². The highest BCUT2D eigenvalue weighted by Gasteiger charge is 2.46. The topological polar surface area (TPSA) is 81.8 Å². The highest BCUT2D eigenvalue weighted by atomic mass is 16.2. The smallest absolute Gasteiger partial charge is 0.322 e. The van der Waals surface area contributed by atoms with Gasteiger partial charge in [0.05, 0.1) is 23.9 Å².